The molecule has 0 atom stereocenters. The number of nitrogens with two attached hydrogens (primary N) is 1. The summed E-state index contributed by atoms with van der Waals surface area (Å²) in [4.78, 5) is 0. The minimum Gasteiger partial charge on any atom is -0.496 e. The van der Waals surface area contributed by atoms with Crippen LogP contribution in [0.4, 0.5) is 0 Å². The van der Waals surface area contributed by atoms with E-state index in [9.17, 15) is 0 Å². The minimum absolute atomic E-state index is 0.458. The highest BCUT2D eigenvalue weighted by molar-refractivity contribution is 6.33. The number of halogens is 1. The predicted molar refractivity (Wildman–Crippen MR) is 80.1 cm³/mol. The fourth-order valence-corrected chi connectivity index (χ4v) is 3.44. The molecule has 0 bridgehead atoms. The van der Waals surface area contributed by atoms with E-state index in [2.05, 4.69) is 0 Å². The summed E-state index contributed by atoms with van der Waals surface area (Å²) in [6.45, 7) is 0. The van der Waals surface area contributed by atoms with Crippen LogP contribution in [0.15, 0.2) is 6.07 Å². The Morgan fingerprint density at radius 3 is 2.10 bits per heavy atom. The van der Waals surface area contributed by atoms with Crippen LogP contribution in [0.3, 0.4) is 0 Å². The molecule has 0 amide bonds. The Bertz CT molecular complexity index is 484. The molecule has 1 aliphatic carbocycles. The van der Waals surface area contributed by atoms with Crippen molar-refractivity contribution in [3.8, 4) is 17.2 Å². The Morgan fingerprint density at radius 1 is 1.00 bits per heavy atom. The van der Waals surface area contributed by atoms with Crippen LogP contribution in [0.2, 0.25) is 5.02 Å². The van der Waals surface area contributed by atoms with E-state index in [-0.39, 0.29) is 0 Å². The van der Waals surface area contributed by atoms with Gasteiger partial charge in [-0.3, -0.25) is 0 Å². The fraction of sp³-hybridized carbons (Fsp3) is 0.600. The van der Waals surface area contributed by atoms with Gasteiger partial charge in [-0.1, -0.05) is 30.9 Å². The summed E-state index contributed by atoms with van der Waals surface area (Å²) in [5, 5.41) is 0.494. The number of benzene rings is 1. The topological polar surface area (TPSA) is 53.7 Å². The van der Waals surface area contributed by atoms with Crippen LogP contribution in [0.25, 0.3) is 0 Å². The van der Waals surface area contributed by atoms with Gasteiger partial charge in [0.1, 0.15) is 5.75 Å². The maximum atomic E-state index is 6.61. The summed E-state index contributed by atoms with van der Waals surface area (Å²) >= 11 is 6.53. The average Bonchev–Trinajstić information content (AvgIpc) is 2.46. The third-order valence-electron chi connectivity index (χ3n) is 4.04. The first-order chi connectivity index (χ1) is 9.57. The predicted octanol–water partition coefficient (Wildman–Crippen LogP) is 3.48. The van der Waals surface area contributed by atoms with Gasteiger partial charge in [0, 0.05) is 17.2 Å². The van der Waals surface area contributed by atoms with Gasteiger partial charge in [0.05, 0.1) is 26.4 Å². The largest absolute Gasteiger partial charge is 0.496 e. The van der Waals surface area contributed by atoms with Crippen LogP contribution in [0, 0.1) is 0 Å². The van der Waals surface area contributed by atoms with Crippen molar-refractivity contribution in [3.63, 3.8) is 0 Å². The molecule has 0 radical (unpaired) electrons. The van der Waals surface area contributed by atoms with Crippen molar-refractivity contribution in [1.82, 2.24) is 0 Å². The quantitative estimate of drug-likeness (QED) is 0.925. The smallest absolute Gasteiger partial charge is 0.180 e. The molecule has 1 aliphatic rings. The van der Waals surface area contributed by atoms with E-state index in [1.54, 1.807) is 27.4 Å². The first-order valence-electron chi connectivity index (χ1n) is 6.85. The lowest BCUT2D eigenvalue weighted by atomic mass is 9.77. The third kappa shape index (κ3) is 2.54. The number of methoxy groups -OCH3 is 3. The molecule has 1 aromatic carbocycles. The molecule has 0 unspecified atom stereocenters. The van der Waals surface area contributed by atoms with Crippen molar-refractivity contribution in [2.24, 2.45) is 5.73 Å². The van der Waals surface area contributed by atoms with Crippen molar-refractivity contribution < 1.29 is 14.2 Å². The molecular weight excluding hydrogens is 278 g/mol. The second-order valence-corrected chi connectivity index (χ2v) is 5.60. The minimum atomic E-state index is -0.458. The van der Waals surface area contributed by atoms with E-state index >= 15 is 0 Å². The van der Waals surface area contributed by atoms with Crippen LogP contribution >= 0.6 is 11.6 Å². The zero-order valence-electron chi connectivity index (χ0n) is 12.3. The molecule has 5 heteroatoms. The van der Waals surface area contributed by atoms with Gasteiger partial charge in [-0.15, -0.1) is 0 Å². The molecule has 0 aromatic heterocycles. The van der Waals surface area contributed by atoms with Crippen LogP contribution in [-0.2, 0) is 5.54 Å². The first kappa shape index (κ1) is 15.3. The number of hydrogen-bond acceptors (Lipinski definition) is 4. The third-order valence-corrected chi connectivity index (χ3v) is 4.40. The Hall–Kier alpha value is -1.13. The highest BCUT2D eigenvalue weighted by Crippen LogP contribution is 2.49. The second kappa shape index (κ2) is 6.10. The Kier molecular flexibility index (Phi) is 4.66. The monoisotopic (exact) mass is 299 g/mol. The van der Waals surface area contributed by atoms with Gasteiger partial charge in [-0.2, -0.15) is 0 Å². The van der Waals surface area contributed by atoms with Crippen molar-refractivity contribution >= 4 is 11.6 Å². The van der Waals surface area contributed by atoms with Crippen molar-refractivity contribution in [2.75, 3.05) is 21.3 Å². The van der Waals surface area contributed by atoms with Gasteiger partial charge in [0.25, 0.3) is 0 Å². The summed E-state index contributed by atoms with van der Waals surface area (Å²) in [6.07, 6.45) is 5.22. The molecule has 1 aromatic rings. The van der Waals surface area contributed by atoms with Gasteiger partial charge in [-0.25, -0.2) is 0 Å². The molecule has 20 heavy (non-hydrogen) atoms. The van der Waals surface area contributed by atoms with Crippen LogP contribution in [0.5, 0.6) is 17.2 Å². The molecule has 0 heterocycles. The number of hydrogen-bond donors (Lipinski definition) is 1. The lowest BCUT2D eigenvalue weighted by Gasteiger charge is -2.36. The molecule has 1 saturated carbocycles. The molecule has 112 valence electrons. The SMILES string of the molecule is COc1cc(OC)c(C2(N)CCCCC2)c(Cl)c1OC. The summed E-state index contributed by atoms with van der Waals surface area (Å²) in [5.41, 5.74) is 6.99. The van der Waals surface area contributed by atoms with E-state index in [0.717, 1.165) is 31.2 Å². The summed E-state index contributed by atoms with van der Waals surface area (Å²) in [7, 11) is 4.77. The molecule has 2 rings (SSSR count). The van der Waals surface area contributed by atoms with E-state index in [1.165, 1.54) is 6.42 Å². The van der Waals surface area contributed by atoms with Crippen molar-refractivity contribution in [2.45, 2.75) is 37.6 Å². The summed E-state index contributed by atoms with van der Waals surface area (Å²) in [5.74, 6) is 1.73. The van der Waals surface area contributed by atoms with E-state index in [4.69, 9.17) is 31.5 Å². The average molecular weight is 300 g/mol. The normalized spacial score (nSPS) is 17.6. The summed E-state index contributed by atoms with van der Waals surface area (Å²) < 4.78 is 16.2. The maximum absolute atomic E-state index is 6.61. The molecule has 0 spiro atoms. The van der Waals surface area contributed by atoms with Crippen molar-refractivity contribution in [3.05, 3.63) is 16.7 Å². The molecule has 0 aliphatic heterocycles. The number of rotatable bonds is 4. The van der Waals surface area contributed by atoms with E-state index in [0.29, 0.717) is 22.3 Å². The molecule has 4 nitrogen and oxygen atoms in total. The lowest BCUT2D eigenvalue weighted by Crippen LogP contribution is -2.39. The fourth-order valence-electron chi connectivity index (χ4n) is 2.99. The highest BCUT2D eigenvalue weighted by atomic mass is 35.5. The molecular formula is C15H22ClNO3. The number of ether oxygens (including phenoxy) is 3. The van der Waals surface area contributed by atoms with Crippen LogP contribution in [-0.4, -0.2) is 21.3 Å². The van der Waals surface area contributed by atoms with Gasteiger partial charge in [0.15, 0.2) is 11.5 Å². The van der Waals surface area contributed by atoms with Gasteiger partial charge in [-0.05, 0) is 12.8 Å². The lowest BCUT2D eigenvalue weighted by molar-refractivity contribution is 0.284. The molecule has 0 saturated heterocycles. The van der Waals surface area contributed by atoms with Gasteiger partial charge < -0.3 is 19.9 Å². The first-order valence-corrected chi connectivity index (χ1v) is 7.23. The zero-order valence-corrected chi connectivity index (χ0v) is 13.0. The summed E-state index contributed by atoms with van der Waals surface area (Å²) in [6, 6.07) is 1.79. The Balaban J connectivity index is 2.61. The van der Waals surface area contributed by atoms with E-state index < -0.39 is 5.54 Å². The van der Waals surface area contributed by atoms with Gasteiger partial charge >= 0.3 is 0 Å². The maximum Gasteiger partial charge on any atom is 0.180 e. The zero-order chi connectivity index (χ0) is 14.8. The van der Waals surface area contributed by atoms with Crippen molar-refractivity contribution in [1.29, 1.82) is 0 Å². The van der Waals surface area contributed by atoms with Crippen LogP contribution in [0.1, 0.15) is 37.7 Å². The Labute approximate surface area is 125 Å². The van der Waals surface area contributed by atoms with Gasteiger partial charge in [0.2, 0.25) is 0 Å². The standard InChI is InChI=1S/C15H22ClNO3/c1-18-10-9-11(19-2)14(20-3)13(16)12(10)15(17)7-5-4-6-8-15/h9H,4-8,17H2,1-3H3. The van der Waals surface area contributed by atoms with E-state index in [1.807, 2.05) is 0 Å². The second-order valence-electron chi connectivity index (χ2n) is 5.22. The highest BCUT2D eigenvalue weighted by Gasteiger charge is 2.36. The molecule has 1 fully saturated rings. The van der Waals surface area contributed by atoms with Crippen LogP contribution < -0.4 is 19.9 Å². The Morgan fingerprint density at radius 2 is 1.60 bits per heavy atom. The molecule has 2 N–H and O–H groups in total.